The van der Waals surface area contributed by atoms with Crippen LogP contribution in [0.1, 0.15) is 61.5 Å². The molecule has 1 amide bonds. The summed E-state index contributed by atoms with van der Waals surface area (Å²) in [6.07, 6.45) is 9.09. The Labute approximate surface area is 109 Å². The first-order valence-electron chi connectivity index (χ1n) is 7.03. The van der Waals surface area contributed by atoms with E-state index in [1.54, 1.807) is 6.20 Å². The van der Waals surface area contributed by atoms with Gasteiger partial charge in [0.15, 0.2) is 0 Å². The van der Waals surface area contributed by atoms with Gasteiger partial charge in [0.1, 0.15) is 0 Å². The monoisotopic (exact) mass is 249 g/mol. The zero-order valence-electron chi connectivity index (χ0n) is 11.3. The van der Waals surface area contributed by atoms with Crippen LogP contribution in [0.2, 0.25) is 0 Å². The fourth-order valence-corrected chi connectivity index (χ4v) is 2.92. The standard InChI is InChI=1S/C14H23N3O/c1-3-13(11-7-5-4-6-8-11)16-14(18)12-9-15-17-10(12)2/h9,11,13H,3-8H2,1-2H3,(H,15,17)(H,16,18). The van der Waals surface area contributed by atoms with Crippen molar-refractivity contribution in [3.63, 3.8) is 0 Å². The molecule has 1 atom stereocenters. The van der Waals surface area contributed by atoms with Gasteiger partial charge in [-0.3, -0.25) is 9.89 Å². The van der Waals surface area contributed by atoms with E-state index in [9.17, 15) is 4.79 Å². The Morgan fingerprint density at radius 1 is 1.50 bits per heavy atom. The van der Waals surface area contributed by atoms with Crippen molar-refractivity contribution < 1.29 is 4.79 Å². The first-order valence-corrected chi connectivity index (χ1v) is 7.03. The molecule has 4 heteroatoms. The van der Waals surface area contributed by atoms with E-state index < -0.39 is 0 Å². The zero-order chi connectivity index (χ0) is 13.0. The van der Waals surface area contributed by atoms with Crippen molar-refractivity contribution in [1.82, 2.24) is 15.5 Å². The molecule has 1 aliphatic carbocycles. The highest BCUT2D eigenvalue weighted by Gasteiger charge is 2.24. The topological polar surface area (TPSA) is 57.8 Å². The highest BCUT2D eigenvalue weighted by Crippen LogP contribution is 2.27. The van der Waals surface area contributed by atoms with Gasteiger partial charge in [-0.1, -0.05) is 26.2 Å². The van der Waals surface area contributed by atoms with Gasteiger partial charge in [0.25, 0.3) is 5.91 Å². The summed E-state index contributed by atoms with van der Waals surface area (Å²) < 4.78 is 0. The number of nitrogens with zero attached hydrogens (tertiary/aromatic N) is 1. The number of carbonyl (C=O) groups excluding carboxylic acids is 1. The first-order chi connectivity index (χ1) is 8.72. The molecule has 0 aromatic carbocycles. The van der Waals surface area contributed by atoms with E-state index in [2.05, 4.69) is 22.4 Å². The fraction of sp³-hybridized carbons (Fsp3) is 0.714. The number of aromatic nitrogens is 2. The molecule has 1 saturated carbocycles. The second kappa shape index (κ2) is 6.03. The lowest BCUT2D eigenvalue weighted by atomic mass is 9.83. The Bertz CT molecular complexity index is 393. The molecular weight excluding hydrogens is 226 g/mol. The highest BCUT2D eigenvalue weighted by atomic mass is 16.1. The first kappa shape index (κ1) is 13.1. The van der Waals surface area contributed by atoms with E-state index in [0.717, 1.165) is 12.1 Å². The predicted molar refractivity (Wildman–Crippen MR) is 71.4 cm³/mol. The van der Waals surface area contributed by atoms with Gasteiger partial charge in [-0.25, -0.2) is 0 Å². The Hall–Kier alpha value is -1.32. The average molecular weight is 249 g/mol. The van der Waals surface area contributed by atoms with Gasteiger partial charge >= 0.3 is 0 Å². The van der Waals surface area contributed by atoms with Crippen LogP contribution in [0.4, 0.5) is 0 Å². The molecule has 1 fully saturated rings. The van der Waals surface area contributed by atoms with Crippen LogP contribution in [0, 0.1) is 12.8 Å². The highest BCUT2D eigenvalue weighted by molar-refractivity contribution is 5.95. The molecular formula is C14H23N3O. The van der Waals surface area contributed by atoms with Crippen molar-refractivity contribution in [2.24, 2.45) is 5.92 Å². The number of amides is 1. The number of hydrogen-bond donors (Lipinski definition) is 2. The fourth-order valence-electron chi connectivity index (χ4n) is 2.92. The molecule has 1 aromatic heterocycles. The average Bonchev–Trinajstić information content (AvgIpc) is 2.83. The summed E-state index contributed by atoms with van der Waals surface area (Å²) in [6.45, 7) is 4.03. The SMILES string of the molecule is CCC(NC(=O)c1cn[nH]c1C)C1CCCCC1. The molecule has 1 aliphatic rings. The molecule has 0 bridgehead atoms. The second-order valence-electron chi connectivity index (χ2n) is 5.29. The van der Waals surface area contributed by atoms with Crippen LogP contribution in [-0.4, -0.2) is 22.1 Å². The maximum atomic E-state index is 12.2. The Morgan fingerprint density at radius 3 is 2.78 bits per heavy atom. The number of aromatic amines is 1. The van der Waals surface area contributed by atoms with E-state index in [1.807, 2.05) is 6.92 Å². The molecule has 4 nitrogen and oxygen atoms in total. The number of rotatable bonds is 4. The van der Waals surface area contributed by atoms with Crippen LogP contribution in [0.3, 0.4) is 0 Å². The summed E-state index contributed by atoms with van der Waals surface area (Å²) in [7, 11) is 0. The summed E-state index contributed by atoms with van der Waals surface area (Å²) in [6, 6.07) is 0.312. The van der Waals surface area contributed by atoms with E-state index in [0.29, 0.717) is 17.5 Å². The summed E-state index contributed by atoms with van der Waals surface area (Å²) in [5.74, 6) is 0.665. The molecule has 2 N–H and O–H groups in total. The molecule has 100 valence electrons. The smallest absolute Gasteiger partial charge is 0.254 e. The normalized spacial score (nSPS) is 18.6. The minimum atomic E-state index is 0.0127. The lowest BCUT2D eigenvalue weighted by Crippen LogP contribution is -2.40. The van der Waals surface area contributed by atoms with Crippen LogP contribution in [0.5, 0.6) is 0 Å². The third-order valence-electron chi connectivity index (χ3n) is 4.05. The number of nitrogens with one attached hydrogen (secondary N) is 2. The van der Waals surface area contributed by atoms with Gasteiger partial charge in [0.2, 0.25) is 0 Å². The molecule has 0 radical (unpaired) electrons. The minimum Gasteiger partial charge on any atom is -0.349 e. The number of aryl methyl sites for hydroxylation is 1. The van der Waals surface area contributed by atoms with Crippen molar-refractivity contribution in [3.05, 3.63) is 17.5 Å². The Balaban J connectivity index is 1.97. The second-order valence-corrected chi connectivity index (χ2v) is 5.29. The predicted octanol–water partition coefficient (Wildman–Crippen LogP) is 2.81. The van der Waals surface area contributed by atoms with Gasteiger partial charge in [0.05, 0.1) is 11.8 Å². The summed E-state index contributed by atoms with van der Waals surface area (Å²) in [5.41, 5.74) is 1.51. The van der Waals surface area contributed by atoms with Gasteiger partial charge < -0.3 is 5.32 Å². The van der Waals surface area contributed by atoms with Crippen molar-refractivity contribution in [2.75, 3.05) is 0 Å². The van der Waals surface area contributed by atoms with Crippen molar-refractivity contribution in [1.29, 1.82) is 0 Å². The molecule has 2 rings (SSSR count). The molecule has 1 heterocycles. The molecule has 0 saturated heterocycles. The number of carbonyl (C=O) groups is 1. The molecule has 1 unspecified atom stereocenters. The van der Waals surface area contributed by atoms with Gasteiger partial charge in [-0.15, -0.1) is 0 Å². The van der Waals surface area contributed by atoms with Crippen LogP contribution >= 0.6 is 0 Å². The van der Waals surface area contributed by atoms with E-state index in [4.69, 9.17) is 0 Å². The van der Waals surface area contributed by atoms with Gasteiger partial charge in [-0.2, -0.15) is 5.10 Å². The third-order valence-corrected chi connectivity index (χ3v) is 4.05. The molecule has 1 aromatic rings. The lowest BCUT2D eigenvalue weighted by molar-refractivity contribution is 0.0910. The van der Waals surface area contributed by atoms with Crippen LogP contribution in [0.25, 0.3) is 0 Å². The van der Waals surface area contributed by atoms with Gasteiger partial charge in [0, 0.05) is 11.7 Å². The van der Waals surface area contributed by atoms with Gasteiger partial charge in [-0.05, 0) is 32.1 Å². The van der Waals surface area contributed by atoms with Crippen molar-refractivity contribution in [3.8, 4) is 0 Å². The van der Waals surface area contributed by atoms with E-state index in [1.165, 1.54) is 32.1 Å². The largest absolute Gasteiger partial charge is 0.349 e. The zero-order valence-corrected chi connectivity index (χ0v) is 11.3. The minimum absolute atomic E-state index is 0.0127. The summed E-state index contributed by atoms with van der Waals surface area (Å²) >= 11 is 0. The summed E-state index contributed by atoms with van der Waals surface area (Å²) in [5, 5.41) is 9.89. The van der Waals surface area contributed by atoms with Crippen LogP contribution in [-0.2, 0) is 0 Å². The van der Waals surface area contributed by atoms with Crippen LogP contribution in [0.15, 0.2) is 6.20 Å². The van der Waals surface area contributed by atoms with Crippen molar-refractivity contribution in [2.45, 2.75) is 58.4 Å². The van der Waals surface area contributed by atoms with Crippen LogP contribution < -0.4 is 5.32 Å². The molecule has 0 aliphatic heterocycles. The third kappa shape index (κ3) is 2.92. The van der Waals surface area contributed by atoms with E-state index >= 15 is 0 Å². The number of hydrogen-bond acceptors (Lipinski definition) is 2. The maximum absolute atomic E-state index is 12.2. The quantitative estimate of drug-likeness (QED) is 0.862. The summed E-state index contributed by atoms with van der Waals surface area (Å²) in [4.78, 5) is 12.2. The maximum Gasteiger partial charge on any atom is 0.254 e. The van der Waals surface area contributed by atoms with Crippen molar-refractivity contribution >= 4 is 5.91 Å². The number of H-pyrrole nitrogens is 1. The molecule has 18 heavy (non-hydrogen) atoms. The Morgan fingerprint density at radius 2 is 2.22 bits per heavy atom. The molecule has 0 spiro atoms. The Kier molecular flexibility index (Phi) is 4.39. The van der Waals surface area contributed by atoms with E-state index in [-0.39, 0.29) is 5.91 Å². The lowest BCUT2D eigenvalue weighted by Gasteiger charge is -2.30.